The Morgan fingerprint density at radius 1 is 0.914 bits per heavy atom. The molecule has 1 unspecified atom stereocenters. The van der Waals surface area contributed by atoms with Gasteiger partial charge in [0.25, 0.3) is 11.5 Å². The summed E-state index contributed by atoms with van der Waals surface area (Å²) < 4.78 is 1.31. The number of carbonyl (C=O) groups excluding carboxylic acids is 2. The van der Waals surface area contributed by atoms with Crippen LogP contribution in [0.15, 0.2) is 47.5 Å². The van der Waals surface area contributed by atoms with E-state index in [0.717, 1.165) is 27.9 Å². The third-order valence-electron chi connectivity index (χ3n) is 6.15. The number of nitrogens with one attached hydrogen (secondary N) is 2. The van der Waals surface area contributed by atoms with Gasteiger partial charge in [0, 0.05) is 11.4 Å². The van der Waals surface area contributed by atoms with Crippen LogP contribution in [-0.4, -0.2) is 21.4 Å². The number of hydrogen-bond donors (Lipinski definition) is 2. The van der Waals surface area contributed by atoms with Crippen LogP contribution in [0.25, 0.3) is 10.2 Å². The van der Waals surface area contributed by atoms with Crippen LogP contribution in [-0.2, 0) is 4.79 Å². The number of thiophene rings is 1. The van der Waals surface area contributed by atoms with Crippen LogP contribution in [0.2, 0.25) is 0 Å². The number of fused-ring (bicyclic) bond motifs is 1. The van der Waals surface area contributed by atoms with Gasteiger partial charge in [-0.1, -0.05) is 35.4 Å². The van der Waals surface area contributed by atoms with E-state index < -0.39 is 6.04 Å². The zero-order chi connectivity index (χ0) is 25.4. The van der Waals surface area contributed by atoms with E-state index in [4.69, 9.17) is 0 Å². The highest BCUT2D eigenvalue weighted by atomic mass is 32.1. The maximum Gasteiger partial charge on any atom is 0.266 e. The van der Waals surface area contributed by atoms with Gasteiger partial charge in [-0.05, 0) is 70.4 Å². The molecule has 2 aromatic heterocycles. The Kier molecular flexibility index (Phi) is 6.58. The topological polar surface area (TPSA) is 93.1 Å². The maximum atomic E-state index is 13.4. The molecular weight excluding hydrogens is 460 g/mol. The molecule has 0 spiro atoms. The van der Waals surface area contributed by atoms with Crippen molar-refractivity contribution in [2.75, 3.05) is 10.6 Å². The molecule has 8 heteroatoms. The second-order valence-electron chi connectivity index (χ2n) is 8.95. The fourth-order valence-electron chi connectivity index (χ4n) is 4.08. The number of hydrogen-bond acceptors (Lipinski definition) is 5. The van der Waals surface area contributed by atoms with Crippen LogP contribution in [0.1, 0.15) is 50.5 Å². The molecule has 2 heterocycles. The fraction of sp³-hybridized carbons (Fsp3) is 0.259. The number of nitrogens with zero attached hydrogens (tertiary/aromatic N) is 2. The Labute approximate surface area is 207 Å². The van der Waals surface area contributed by atoms with Crippen molar-refractivity contribution < 1.29 is 9.59 Å². The van der Waals surface area contributed by atoms with Crippen LogP contribution in [0.4, 0.5) is 11.4 Å². The lowest BCUT2D eigenvalue weighted by Gasteiger charge is -2.16. The largest absolute Gasteiger partial charge is 0.324 e. The molecule has 0 saturated heterocycles. The minimum Gasteiger partial charge on any atom is -0.324 e. The molecule has 0 aliphatic heterocycles. The number of anilines is 2. The van der Waals surface area contributed by atoms with Crippen molar-refractivity contribution in [3.63, 3.8) is 0 Å². The quantitative estimate of drug-likeness (QED) is 0.391. The molecule has 0 aliphatic carbocycles. The van der Waals surface area contributed by atoms with Gasteiger partial charge in [-0.3, -0.25) is 19.0 Å². The predicted molar refractivity (Wildman–Crippen MR) is 142 cm³/mol. The van der Waals surface area contributed by atoms with Gasteiger partial charge in [-0.2, -0.15) is 0 Å². The minimum absolute atomic E-state index is 0.288. The third-order valence-corrected chi connectivity index (χ3v) is 7.35. The van der Waals surface area contributed by atoms with Gasteiger partial charge >= 0.3 is 0 Å². The Morgan fingerprint density at radius 3 is 2.06 bits per heavy atom. The van der Waals surface area contributed by atoms with E-state index in [-0.39, 0.29) is 17.4 Å². The van der Waals surface area contributed by atoms with Crippen molar-refractivity contribution >= 4 is 44.7 Å². The highest BCUT2D eigenvalue weighted by Gasteiger charge is 2.23. The molecule has 180 valence electrons. The summed E-state index contributed by atoms with van der Waals surface area (Å²) in [5.41, 5.74) is 5.74. The normalized spacial score (nSPS) is 11.9. The van der Waals surface area contributed by atoms with Crippen molar-refractivity contribution in [3.05, 3.63) is 85.8 Å². The van der Waals surface area contributed by atoms with E-state index in [1.807, 2.05) is 64.1 Å². The standard InChI is InChI=1S/C27H28N4O3S/c1-14-7-9-20(16(3)11-14)29-24(32)19(6)31-13-28-26-22(27(31)34)18(5)23(35-26)25(33)30-21-10-8-15(2)12-17(21)4/h7-13,19H,1-6H3,(H,29,32)(H,30,33). The Morgan fingerprint density at radius 2 is 1.49 bits per heavy atom. The molecule has 2 N–H and O–H groups in total. The van der Waals surface area contributed by atoms with Crippen LogP contribution < -0.4 is 16.2 Å². The summed E-state index contributed by atoms with van der Waals surface area (Å²) in [7, 11) is 0. The summed E-state index contributed by atoms with van der Waals surface area (Å²) in [6, 6.07) is 10.8. The van der Waals surface area contributed by atoms with Gasteiger partial charge in [0.05, 0.1) is 16.6 Å². The average Bonchev–Trinajstić information content (AvgIpc) is 3.14. The monoisotopic (exact) mass is 488 g/mol. The first-order valence-electron chi connectivity index (χ1n) is 11.3. The molecule has 0 aliphatic rings. The van der Waals surface area contributed by atoms with Gasteiger partial charge in [0.1, 0.15) is 10.9 Å². The van der Waals surface area contributed by atoms with Gasteiger partial charge in [-0.25, -0.2) is 4.98 Å². The SMILES string of the molecule is Cc1ccc(NC(=O)c2sc3ncn(C(C)C(=O)Nc4ccc(C)cc4C)c(=O)c3c2C)c(C)c1. The fourth-order valence-corrected chi connectivity index (χ4v) is 5.11. The summed E-state index contributed by atoms with van der Waals surface area (Å²) >= 11 is 1.17. The number of amides is 2. The molecule has 2 aromatic carbocycles. The van der Waals surface area contributed by atoms with Crippen molar-refractivity contribution in [1.29, 1.82) is 0 Å². The number of benzene rings is 2. The van der Waals surface area contributed by atoms with Crippen molar-refractivity contribution in [2.45, 2.75) is 47.6 Å². The highest BCUT2D eigenvalue weighted by Crippen LogP contribution is 2.29. The van der Waals surface area contributed by atoms with Crippen molar-refractivity contribution in [1.82, 2.24) is 9.55 Å². The van der Waals surface area contributed by atoms with Crippen LogP contribution >= 0.6 is 11.3 Å². The smallest absolute Gasteiger partial charge is 0.266 e. The van der Waals surface area contributed by atoms with E-state index in [2.05, 4.69) is 15.6 Å². The Hall–Kier alpha value is -3.78. The molecule has 7 nitrogen and oxygen atoms in total. The van der Waals surface area contributed by atoms with Gasteiger partial charge in [0.2, 0.25) is 5.91 Å². The average molecular weight is 489 g/mol. The highest BCUT2D eigenvalue weighted by molar-refractivity contribution is 7.20. The first kappa shape index (κ1) is 24.3. The summed E-state index contributed by atoms with van der Waals surface area (Å²) in [5, 5.41) is 6.19. The molecule has 0 fully saturated rings. The van der Waals surface area contributed by atoms with Gasteiger partial charge < -0.3 is 10.6 Å². The van der Waals surface area contributed by atoms with E-state index in [1.165, 1.54) is 22.2 Å². The molecule has 4 aromatic rings. The molecule has 0 bridgehead atoms. The van der Waals surface area contributed by atoms with E-state index >= 15 is 0 Å². The first-order valence-corrected chi connectivity index (χ1v) is 12.2. The zero-order valence-corrected chi connectivity index (χ0v) is 21.5. The van der Waals surface area contributed by atoms with Crippen LogP contribution in [0.5, 0.6) is 0 Å². The van der Waals surface area contributed by atoms with Crippen LogP contribution in [0.3, 0.4) is 0 Å². The molecule has 35 heavy (non-hydrogen) atoms. The molecular formula is C27H28N4O3S. The molecule has 2 amide bonds. The van der Waals surface area contributed by atoms with E-state index in [0.29, 0.717) is 26.3 Å². The van der Waals surface area contributed by atoms with Gasteiger partial charge in [0.15, 0.2) is 0 Å². The minimum atomic E-state index is -0.785. The lowest BCUT2D eigenvalue weighted by molar-refractivity contribution is -0.118. The predicted octanol–water partition coefficient (Wildman–Crippen LogP) is 5.45. The lowest BCUT2D eigenvalue weighted by atomic mass is 10.1. The number of rotatable bonds is 5. The lowest BCUT2D eigenvalue weighted by Crippen LogP contribution is -2.32. The van der Waals surface area contributed by atoms with Crippen molar-refractivity contribution in [2.24, 2.45) is 0 Å². The third kappa shape index (κ3) is 4.74. The summed E-state index contributed by atoms with van der Waals surface area (Å²) in [4.78, 5) is 44.6. The number of aryl methyl sites for hydroxylation is 5. The molecule has 1 atom stereocenters. The van der Waals surface area contributed by atoms with Gasteiger partial charge in [-0.15, -0.1) is 11.3 Å². The summed E-state index contributed by atoms with van der Waals surface area (Å²) in [5.74, 6) is -0.607. The molecule has 4 rings (SSSR count). The second kappa shape index (κ2) is 9.46. The van der Waals surface area contributed by atoms with E-state index in [1.54, 1.807) is 13.8 Å². The summed E-state index contributed by atoms with van der Waals surface area (Å²) in [6.45, 7) is 11.2. The Bertz CT molecular complexity index is 1530. The summed E-state index contributed by atoms with van der Waals surface area (Å²) in [6.07, 6.45) is 1.37. The zero-order valence-electron chi connectivity index (χ0n) is 20.6. The maximum absolute atomic E-state index is 13.4. The van der Waals surface area contributed by atoms with E-state index in [9.17, 15) is 14.4 Å². The number of aromatic nitrogens is 2. The number of carbonyl (C=O) groups is 2. The second-order valence-corrected chi connectivity index (χ2v) is 9.95. The first-order chi connectivity index (χ1) is 16.6. The molecule has 0 radical (unpaired) electrons. The van der Waals surface area contributed by atoms with Crippen molar-refractivity contribution in [3.8, 4) is 0 Å². The van der Waals surface area contributed by atoms with Crippen LogP contribution in [0, 0.1) is 34.6 Å². The molecule has 0 saturated carbocycles. The Balaban J connectivity index is 1.63.